The molecule has 0 aliphatic heterocycles. The molecule has 0 bridgehead atoms. The lowest BCUT2D eigenvalue weighted by Gasteiger charge is -2.11. The van der Waals surface area contributed by atoms with Crippen molar-refractivity contribution in [3.63, 3.8) is 0 Å². The number of rotatable bonds is 7. The van der Waals surface area contributed by atoms with Crippen molar-refractivity contribution in [1.29, 1.82) is 0 Å². The lowest BCUT2D eigenvalue weighted by atomic mass is 10.1. The van der Waals surface area contributed by atoms with Crippen molar-refractivity contribution in [3.05, 3.63) is 58.9 Å². The van der Waals surface area contributed by atoms with Gasteiger partial charge in [0.1, 0.15) is 5.75 Å². The Balaban J connectivity index is 1.63. The minimum absolute atomic E-state index is 0.297. The van der Waals surface area contributed by atoms with Gasteiger partial charge in [0.15, 0.2) is 0 Å². The number of nitrogens with one attached hydrogen (secondary N) is 2. The molecule has 2 N–H and O–H groups in total. The maximum atomic E-state index is 12.4. The van der Waals surface area contributed by atoms with Gasteiger partial charge < -0.3 is 15.4 Å². The number of ether oxygens (including phenoxy) is 1. The number of carbonyl (C=O) groups excluding carboxylic acids is 1. The normalized spacial score (nSPS) is 10.4. The van der Waals surface area contributed by atoms with E-state index in [9.17, 15) is 4.79 Å². The number of carbonyl (C=O) groups is 1. The molecular weight excluding hydrogens is 358 g/mol. The number of aromatic nitrogens is 1. The van der Waals surface area contributed by atoms with Gasteiger partial charge in [0.2, 0.25) is 0 Å². The SMILES string of the molecule is CCCCOc1ccc(NC(=O)Nc2ccccc2-c2csc(C)n2)cc1. The number of thiazole rings is 1. The second kappa shape index (κ2) is 9.19. The van der Waals surface area contributed by atoms with E-state index < -0.39 is 0 Å². The maximum absolute atomic E-state index is 12.4. The highest BCUT2D eigenvalue weighted by molar-refractivity contribution is 7.09. The van der Waals surface area contributed by atoms with Gasteiger partial charge in [0.25, 0.3) is 0 Å². The van der Waals surface area contributed by atoms with E-state index in [4.69, 9.17) is 4.74 Å². The summed E-state index contributed by atoms with van der Waals surface area (Å²) >= 11 is 1.59. The summed E-state index contributed by atoms with van der Waals surface area (Å²) in [6.07, 6.45) is 2.13. The number of anilines is 2. The van der Waals surface area contributed by atoms with Crippen LogP contribution in [0.25, 0.3) is 11.3 Å². The van der Waals surface area contributed by atoms with E-state index in [2.05, 4.69) is 22.5 Å². The standard InChI is InChI=1S/C21H23N3O2S/c1-3-4-13-26-17-11-9-16(10-12-17)23-21(25)24-19-8-6-5-7-18(19)20-14-27-15(2)22-20/h5-12,14H,3-4,13H2,1-2H3,(H2,23,24,25). The highest BCUT2D eigenvalue weighted by Gasteiger charge is 2.10. The highest BCUT2D eigenvalue weighted by atomic mass is 32.1. The van der Waals surface area contributed by atoms with Crippen molar-refractivity contribution in [2.45, 2.75) is 26.7 Å². The second-order valence-corrected chi connectivity index (χ2v) is 7.17. The van der Waals surface area contributed by atoms with Crippen LogP contribution in [-0.4, -0.2) is 17.6 Å². The van der Waals surface area contributed by atoms with E-state index >= 15 is 0 Å². The first-order valence-corrected chi connectivity index (χ1v) is 9.86. The Morgan fingerprint density at radius 3 is 2.59 bits per heavy atom. The largest absolute Gasteiger partial charge is 0.494 e. The van der Waals surface area contributed by atoms with Gasteiger partial charge in [-0.3, -0.25) is 0 Å². The van der Waals surface area contributed by atoms with Gasteiger partial charge in [0.05, 0.1) is 23.0 Å². The predicted octanol–water partition coefficient (Wildman–Crippen LogP) is 5.94. The van der Waals surface area contributed by atoms with Crippen LogP contribution in [0.3, 0.4) is 0 Å². The highest BCUT2D eigenvalue weighted by Crippen LogP contribution is 2.29. The number of urea groups is 1. The van der Waals surface area contributed by atoms with Gasteiger partial charge in [-0.15, -0.1) is 11.3 Å². The number of nitrogens with zero attached hydrogens (tertiary/aromatic N) is 1. The van der Waals surface area contributed by atoms with Crippen LogP contribution < -0.4 is 15.4 Å². The summed E-state index contributed by atoms with van der Waals surface area (Å²) in [5, 5.41) is 8.73. The molecule has 0 aliphatic rings. The van der Waals surface area contributed by atoms with Crippen LogP contribution in [0.5, 0.6) is 5.75 Å². The third-order valence-electron chi connectivity index (χ3n) is 3.95. The fraction of sp³-hybridized carbons (Fsp3) is 0.238. The fourth-order valence-electron chi connectivity index (χ4n) is 2.56. The van der Waals surface area contributed by atoms with Gasteiger partial charge in [-0.25, -0.2) is 9.78 Å². The molecule has 2 aromatic carbocycles. The summed E-state index contributed by atoms with van der Waals surface area (Å²) in [4.78, 5) is 16.9. The van der Waals surface area contributed by atoms with Gasteiger partial charge in [-0.1, -0.05) is 31.5 Å². The van der Waals surface area contributed by atoms with Gasteiger partial charge in [-0.05, 0) is 43.7 Å². The van der Waals surface area contributed by atoms with Crippen LogP contribution in [-0.2, 0) is 0 Å². The minimum atomic E-state index is -0.297. The molecule has 6 heteroatoms. The first kappa shape index (κ1) is 18.9. The molecule has 1 aromatic heterocycles. The van der Waals surface area contributed by atoms with Crippen molar-refractivity contribution >= 4 is 28.7 Å². The Morgan fingerprint density at radius 2 is 1.89 bits per heavy atom. The number of benzene rings is 2. The predicted molar refractivity (Wildman–Crippen MR) is 112 cm³/mol. The summed E-state index contributed by atoms with van der Waals surface area (Å²) in [6, 6.07) is 14.7. The van der Waals surface area contributed by atoms with Crippen molar-refractivity contribution < 1.29 is 9.53 Å². The maximum Gasteiger partial charge on any atom is 0.323 e. The Morgan fingerprint density at radius 1 is 1.11 bits per heavy atom. The Kier molecular flexibility index (Phi) is 6.44. The molecular formula is C21H23N3O2S. The van der Waals surface area contributed by atoms with Crippen LogP contribution in [0.2, 0.25) is 0 Å². The molecule has 0 atom stereocenters. The van der Waals surface area contributed by atoms with Crippen molar-refractivity contribution in [3.8, 4) is 17.0 Å². The molecule has 140 valence electrons. The summed E-state index contributed by atoms with van der Waals surface area (Å²) in [5.74, 6) is 0.804. The van der Waals surface area contributed by atoms with Crippen molar-refractivity contribution in [2.24, 2.45) is 0 Å². The Labute approximate surface area is 163 Å². The zero-order valence-corrected chi connectivity index (χ0v) is 16.3. The van der Waals surface area contributed by atoms with Crippen LogP contribution in [0.4, 0.5) is 16.2 Å². The molecule has 0 saturated heterocycles. The molecule has 0 saturated carbocycles. The number of amides is 2. The van der Waals surface area contributed by atoms with Crippen LogP contribution >= 0.6 is 11.3 Å². The fourth-order valence-corrected chi connectivity index (χ4v) is 3.17. The van der Waals surface area contributed by atoms with E-state index in [1.807, 2.05) is 60.8 Å². The zero-order chi connectivity index (χ0) is 19.1. The average molecular weight is 382 g/mol. The third kappa shape index (κ3) is 5.31. The molecule has 27 heavy (non-hydrogen) atoms. The molecule has 0 unspecified atom stereocenters. The van der Waals surface area contributed by atoms with E-state index in [0.717, 1.165) is 40.5 Å². The van der Waals surface area contributed by atoms with Gasteiger partial charge in [0, 0.05) is 16.6 Å². The average Bonchev–Trinajstić information content (AvgIpc) is 3.10. The molecule has 3 aromatic rings. The quantitative estimate of drug-likeness (QED) is 0.498. The van der Waals surface area contributed by atoms with E-state index in [1.54, 1.807) is 11.3 Å². The lowest BCUT2D eigenvalue weighted by molar-refractivity contribution is 0.262. The number of para-hydroxylation sites is 1. The molecule has 5 nitrogen and oxygen atoms in total. The van der Waals surface area contributed by atoms with E-state index in [-0.39, 0.29) is 6.03 Å². The zero-order valence-electron chi connectivity index (χ0n) is 15.5. The first-order chi connectivity index (χ1) is 13.2. The van der Waals surface area contributed by atoms with Crippen LogP contribution in [0.1, 0.15) is 24.8 Å². The molecule has 0 radical (unpaired) electrons. The summed E-state index contributed by atoms with van der Waals surface area (Å²) < 4.78 is 5.63. The molecule has 0 fully saturated rings. The summed E-state index contributed by atoms with van der Waals surface area (Å²) in [5.41, 5.74) is 3.19. The van der Waals surface area contributed by atoms with Gasteiger partial charge >= 0.3 is 6.03 Å². The summed E-state index contributed by atoms with van der Waals surface area (Å²) in [6.45, 7) is 4.80. The van der Waals surface area contributed by atoms with Crippen molar-refractivity contribution in [1.82, 2.24) is 4.98 Å². The molecule has 0 aliphatic carbocycles. The number of hydrogen-bond donors (Lipinski definition) is 2. The molecule has 0 spiro atoms. The van der Waals surface area contributed by atoms with E-state index in [0.29, 0.717) is 12.3 Å². The number of aryl methyl sites for hydroxylation is 1. The minimum Gasteiger partial charge on any atom is -0.494 e. The lowest BCUT2D eigenvalue weighted by Crippen LogP contribution is -2.19. The van der Waals surface area contributed by atoms with E-state index in [1.165, 1.54) is 0 Å². The topological polar surface area (TPSA) is 63.2 Å². The number of unbranched alkanes of at least 4 members (excludes halogenated alkanes) is 1. The molecule has 1 heterocycles. The number of hydrogen-bond acceptors (Lipinski definition) is 4. The van der Waals surface area contributed by atoms with Crippen LogP contribution in [0.15, 0.2) is 53.9 Å². The Bertz CT molecular complexity index is 890. The summed E-state index contributed by atoms with van der Waals surface area (Å²) in [7, 11) is 0. The second-order valence-electron chi connectivity index (χ2n) is 6.10. The first-order valence-electron chi connectivity index (χ1n) is 8.98. The third-order valence-corrected chi connectivity index (χ3v) is 4.72. The Hall–Kier alpha value is -2.86. The molecule has 2 amide bonds. The monoisotopic (exact) mass is 381 g/mol. The smallest absolute Gasteiger partial charge is 0.323 e. The van der Waals surface area contributed by atoms with Crippen molar-refractivity contribution in [2.75, 3.05) is 17.2 Å². The molecule has 3 rings (SSSR count). The van der Waals surface area contributed by atoms with Gasteiger partial charge in [-0.2, -0.15) is 0 Å². The van der Waals surface area contributed by atoms with Crippen LogP contribution in [0, 0.1) is 6.92 Å².